The van der Waals surface area contributed by atoms with Gasteiger partial charge in [-0.05, 0) is 35.7 Å². The molecule has 0 bridgehead atoms. The Bertz CT molecular complexity index is 492. The summed E-state index contributed by atoms with van der Waals surface area (Å²) in [4.78, 5) is 0. The van der Waals surface area contributed by atoms with Crippen LogP contribution in [0.1, 0.15) is 22.9 Å². The Kier molecular flexibility index (Phi) is 3.83. The monoisotopic (exact) mass is 270 g/mol. The van der Waals surface area contributed by atoms with E-state index >= 15 is 0 Å². The highest BCUT2D eigenvalue weighted by Gasteiger charge is 2.17. The molecule has 0 fully saturated rings. The number of thiophene rings is 1. The fourth-order valence-electron chi connectivity index (χ4n) is 1.86. The zero-order chi connectivity index (χ0) is 12.4. The van der Waals surface area contributed by atoms with Gasteiger partial charge in [-0.15, -0.1) is 0 Å². The number of aromatic nitrogens is 2. The first-order chi connectivity index (χ1) is 8.13. The van der Waals surface area contributed by atoms with E-state index in [9.17, 15) is 0 Å². The van der Waals surface area contributed by atoms with Crippen LogP contribution >= 0.6 is 22.9 Å². The van der Waals surface area contributed by atoms with E-state index in [0.717, 1.165) is 17.7 Å². The molecule has 17 heavy (non-hydrogen) atoms. The lowest BCUT2D eigenvalue weighted by atomic mass is 10.0. The van der Waals surface area contributed by atoms with Crippen LogP contribution in [0.15, 0.2) is 16.8 Å². The van der Waals surface area contributed by atoms with Gasteiger partial charge in [0.15, 0.2) is 0 Å². The maximum atomic E-state index is 6.21. The van der Waals surface area contributed by atoms with Crippen molar-refractivity contribution < 1.29 is 0 Å². The highest BCUT2D eigenvalue weighted by molar-refractivity contribution is 7.07. The number of halogens is 1. The smallest absolute Gasteiger partial charge is 0.130 e. The molecule has 4 nitrogen and oxygen atoms in total. The molecule has 1 atom stereocenters. The fraction of sp³-hybridized carbons (Fsp3) is 0.364. The SMILES string of the molecule is Cc1nn(C)c(Cl)c1CC(NN)c1ccsc1. The van der Waals surface area contributed by atoms with Crippen molar-refractivity contribution in [3.63, 3.8) is 0 Å². The van der Waals surface area contributed by atoms with Crippen LogP contribution in [0.25, 0.3) is 0 Å². The molecule has 2 heterocycles. The Balaban J connectivity index is 2.24. The molecule has 6 heteroatoms. The van der Waals surface area contributed by atoms with Gasteiger partial charge in [-0.25, -0.2) is 0 Å². The van der Waals surface area contributed by atoms with Crippen LogP contribution < -0.4 is 11.3 Å². The van der Waals surface area contributed by atoms with Gasteiger partial charge in [-0.3, -0.25) is 16.0 Å². The molecule has 3 N–H and O–H groups in total. The first-order valence-corrected chi connectivity index (χ1v) is 6.61. The van der Waals surface area contributed by atoms with E-state index in [1.807, 2.05) is 19.4 Å². The average Bonchev–Trinajstić information content (AvgIpc) is 2.89. The van der Waals surface area contributed by atoms with Crippen molar-refractivity contribution in [3.05, 3.63) is 38.8 Å². The van der Waals surface area contributed by atoms with Gasteiger partial charge in [0, 0.05) is 12.6 Å². The molecule has 0 aliphatic carbocycles. The third-order valence-electron chi connectivity index (χ3n) is 2.82. The normalized spacial score (nSPS) is 12.9. The van der Waals surface area contributed by atoms with Crippen LogP contribution in [0, 0.1) is 6.92 Å². The largest absolute Gasteiger partial charge is 0.271 e. The van der Waals surface area contributed by atoms with Gasteiger partial charge in [0.2, 0.25) is 0 Å². The maximum Gasteiger partial charge on any atom is 0.130 e. The lowest BCUT2D eigenvalue weighted by Gasteiger charge is -2.14. The predicted molar refractivity (Wildman–Crippen MR) is 71.0 cm³/mol. The molecule has 2 aromatic heterocycles. The summed E-state index contributed by atoms with van der Waals surface area (Å²) in [6, 6.07) is 2.14. The van der Waals surface area contributed by atoms with Crippen LogP contribution in [0.4, 0.5) is 0 Å². The molecule has 0 spiro atoms. The van der Waals surface area contributed by atoms with Gasteiger partial charge in [0.25, 0.3) is 0 Å². The lowest BCUT2D eigenvalue weighted by molar-refractivity contribution is 0.552. The van der Waals surface area contributed by atoms with Crippen molar-refractivity contribution in [3.8, 4) is 0 Å². The summed E-state index contributed by atoms with van der Waals surface area (Å²) in [6.07, 6.45) is 0.742. The van der Waals surface area contributed by atoms with Crippen LogP contribution in [0.5, 0.6) is 0 Å². The van der Waals surface area contributed by atoms with Gasteiger partial charge >= 0.3 is 0 Å². The maximum absolute atomic E-state index is 6.21. The molecule has 92 valence electrons. The van der Waals surface area contributed by atoms with E-state index in [4.69, 9.17) is 17.4 Å². The Labute approximate surface area is 109 Å². The Hall–Kier alpha value is -0.880. The van der Waals surface area contributed by atoms with Crippen molar-refractivity contribution in [1.29, 1.82) is 0 Å². The standard InChI is InChI=1S/C11H15ClN4S/c1-7-9(11(12)16(2)15-7)5-10(14-13)8-3-4-17-6-8/h3-4,6,10,14H,5,13H2,1-2H3. The van der Waals surface area contributed by atoms with E-state index in [0.29, 0.717) is 5.15 Å². The summed E-state index contributed by atoms with van der Waals surface area (Å²) in [6.45, 7) is 1.96. The number of rotatable bonds is 4. The molecule has 0 radical (unpaired) electrons. The Morgan fingerprint density at radius 1 is 1.65 bits per heavy atom. The minimum Gasteiger partial charge on any atom is -0.271 e. The zero-order valence-corrected chi connectivity index (χ0v) is 11.3. The molecule has 0 amide bonds. The number of hydrogen-bond acceptors (Lipinski definition) is 4. The van der Waals surface area contributed by atoms with Crippen LogP contribution in [-0.2, 0) is 13.5 Å². The van der Waals surface area contributed by atoms with Crippen LogP contribution in [0.2, 0.25) is 5.15 Å². The Morgan fingerprint density at radius 2 is 2.41 bits per heavy atom. The van der Waals surface area contributed by atoms with E-state index in [-0.39, 0.29) is 6.04 Å². The predicted octanol–water partition coefficient (Wildman–Crippen LogP) is 2.19. The van der Waals surface area contributed by atoms with Gasteiger partial charge < -0.3 is 0 Å². The molecule has 0 aliphatic heterocycles. The number of aryl methyl sites for hydroxylation is 2. The zero-order valence-electron chi connectivity index (χ0n) is 9.77. The molecule has 1 unspecified atom stereocenters. The second kappa shape index (κ2) is 5.18. The molecular weight excluding hydrogens is 256 g/mol. The summed E-state index contributed by atoms with van der Waals surface area (Å²) in [5.74, 6) is 5.60. The van der Waals surface area contributed by atoms with Gasteiger partial charge in [-0.2, -0.15) is 16.4 Å². The van der Waals surface area contributed by atoms with Crippen LogP contribution in [0.3, 0.4) is 0 Å². The second-order valence-corrected chi connectivity index (χ2v) is 5.10. The number of nitrogens with two attached hydrogens (primary N) is 1. The van der Waals surface area contributed by atoms with Crippen LogP contribution in [-0.4, -0.2) is 9.78 Å². The Morgan fingerprint density at radius 3 is 2.88 bits per heavy atom. The highest BCUT2D eigenvalue weighted by Crippen LogP contribution is 2.26. The third kappa shape index (κ3) is 2.52. The molecular formula is C11H15ClN4S. The van der Waals surface area contributed by atoms with Gasteiger partial charge in [-0.1, -0.05) is 11.6 Å². The summed E-state index contributed by atoms with van der Waals surface area (Å²) in [7, 11) is 1.84. The number of hydrogen-bond donors (Lipinski definition) is 2. The van der Waals surface area contributed by atoms with Crippen molar-refractivity contribution >= 4 is 22.9 Å². The van der Waals surface area contributed by atoms with Crippen molar-refractivity contribution in [2.75, 3.05) is 0 Å². The lowest BCUT2D eigenvalue weighted by Crippen LogP contribution is -2.29. The molecule has 2 rings (SSSR count). The van der Waals surface area contributed by atoms with E-state index < -0.39 is 0 Å². The fourth-order valence-corrected chi connectivity index (χ4v) is 2.82. The van der Waals surface area contributed by atoms with Crippen molar-refractivity contribution in [2.45, 2.75) is 19.4 Å². The summed E-state index contributed by atoms with van der Waals surface area (Å²) >= 11 is 7.87. The minimum absolute atomic E-state index is 0.0710. The number of nitrogens with one attached hydrogen (secondary N) is 1. The first kappa shape index (κ1) is 12.6. The number of hydrazine groups is 1. The summed E-state index contributed by atoms with van der Waals surface area (Å²) < 4.78 is 1.69. The van der Waals surface area contributed by atoms with E-state index in [1.165, 1.54) is 5.56 Å². The molecule has 0 aliphatic rings. The number of nitrogens with zero attached hydrogens (tertiary/aromatic N) is 2. The summed E-state index contributed by atoms with van der Waals surface area (Å²) in [5.41, 5.74) is 6.00. The highest BCUT2D eigenvalue weighted by atomic mass is 35.5. The minimum atomic E-state index is 0.0710. The topological polar surface area (TPSA) is 55.9 Å². The summed E-state index contributed by atoms with van der Waals surface area (Å²) in [5, 5.41) is 9.10. The van der Waals surface area contributed by atoms with E-state index in [1.54, 1.807) is 16.0 Å². The molecule has 0 aromatic carbocycles. The third-order valence-corrected chi connectivity index (χ3v) is 4.00. The van der Waals surface area contributed by atoms with Crippen molar-refractivity contribution in [1.82, 2.24) is 15.2 Å². The van der Waals surface area contributed by atoms with E-state index in [2.05, 4.69) is 22.0 Å². The second-order valence-electron chi connectivity index (χ2n) is 3.96. The molecule has 0 saturated heterocycles. The van der Waals surface area contributed by atoms with Gasteiger partial charge in [0.1, 0.15) is 5.15 Å². The quantitative estimate of drug-likeness (QED) is 0.661. The van der Waals surface area contributed by atoms with Gasteiger partial charge in [0.05, 0.1) is 11.7 Å². The molecule has 0 saturated carbocycles. The average molecular weight is 271 g/mol. The first-order valence-electron chi connectivity index (χ1n) is 5.29. The van der Waals surface area contributed by atoms with Crippen molar-refractivity contribution in [2.24, 2.45) is 12.9 Å². The molecule has 2 aromatic rings.